The van der Waals surface area contributed by atoms with Gasteiger partial charge in [0.2, 0.25) is 11.2 Å². The minimum atomic E-state index is -4.85. The monoisotopic (exact) mass is 627 g/mol. The van der Waals surface area contributed by atoms with Crippen LogP contribution < -0.4 is 10.1 Å². The average Bonchev–Trinajstić information content (AvgIpc) is 3.23. The molecule has 0 saturated heterocycles. The van der Waals surface area contributed by atoms with E-state index in [-0.39, 0.29) is 32.8 Å². The van der Waals surface area contributed by atoms with E-state index in [1.165, 1.54) is 25.1 Å². The van der Waals surface area contributed by atoms with Crippen LogP contribution in [0.3, 0.4) is 0 Å². The lowest BCUT2D eigenvalue weighted by atomic mass is 10.1. The van der Waals surface area contributed by atoms with Crippen molar-refractivity contribution in [2.45, 2.75) is 24.8 Å². The number of hydrazone groups is 1. The minimum absolute atomic E-state index is 0.0121. The van der Waals surface area contributed by atoms with Gasteiger partial charge in [0.05, 0.1) is 16.9 Å². The highest BCUT2D eigenvalue weighted by Gasteiger charge is 2.35. The van der Waals surface area contributed by atoms with Gasteiger partial charge in [-0.1, -0.05) is 17.7 Å². The molecule has 17 heteroatoms. The number of hydrogen-bond donors (Lipinski definition) is 1. The second-order valence-electron chi connectivity index (χ2n) is 8.90. The van der Waals surface area contributed by atoms with Crippen LogP contribution in [-0.2, 0) is 14.9 Å². The van der Waals surface area contributed by atoms with Crippen molar-refractivity contribution in [3.63, 3.8) is 0 Å². The first-order chi connectivity index (χ1) is 19.8. The molecule has 0 fully saturated rings. The van der Waals surface area contributed by atoms with Crippen molar-refractivity contribution in [2.24, 2.45) is 15.3 Å². The topological polar surface area (TPSA) is 194 Å². The van der Waals surface area contributed by atoms with Crippen molar-refractivity contribution in [1.82, 2.24) is 15.2 Å². The standard InChI is InChI=1S/C25H17Cl2N8O6S/c1-12-16(26)4-3-5-20(12)34-24(37)22(13(2)33-34)31-30-19-11-15(7-9-21(19)42(39,40)41)35(38)23(36)14-6-8-17-18(10-14)29-32-25(27)28-17/h3-11,22H,1-2H3,(H,39,40,41)/q-1. The van der Waals surface area contributed by atoms with Gasteiger partial charge in [0.15, 0.2) is 6.04 Å². The number of carbonyl (C=O) groups is 2. The Balaban J connectivity index is 1.46. The molecule has 1 aliphatic rings. The summed E-state index contributed by atoms with van der Waals surface area (Å²) in [4.78, 5) is 29.3. The Bertz CT molecular complexity index is 1950. The quantitative estimate of drug-likeness (QED) is 0.175. The van der Waals surface area contributed by atoms with Crippen molar-refractivity contribution in [3.05, 3.63) is 81.2 Å². The van der Waals surface area contributed by atoms with E-state index in [1.807, 2.05) is 0 Å². The third-order valence-electron chi connectivity index (χ3n) is 6.16. The highest BCUT2D eigenvalue weighted by Crippen LogP contribution is 2.33. The predicted octanol–water partition coefficient (Wildman–Crippen LogP) is 4.91. The molecule has 0 aliphatic carbocycles. The van der Waals surface area contributed by atoms with Crippen LogP contribution in [0.5, 0.6) is 0 Å². The van der Waals surface area contributed by atoms with Crippen LogP contribution in [0.15, 0.2) is 74.8 Å². The molecule has 1 unspecified atom stereocenters. The SMILES string of the molecule is CC1=NN(c2cccc(Cl)c2C)C(=O)C1N=Nc1cc(N([O-])C(=O)c2ccc3nc(Cl)nnc3c2)ccc1S(=O)(=O)O. The zero-order chi connectivity index (χ0) is 30.3. The molecule has 14 nitrogen and oxygen atoms in total. The van der Waals surface area contributed by atoms with E-state index in [0.29, 0.717) is 21.8 Å². The molecule has 1 aliphatic heterocycles. The number of halogens is 2. The molecule has 0 bridgehead atoms. The van der Waals surface area contributed by atoms with E-state index in [0.717, 1.165) is 23.2 Å². The number of rotatable bonds is 6. The molecule has 1 aromatic heterocycles. The number of hydroxylamine groups is 1. The number of anilines is 2. The van der Waals surface area contributed by atoms with Gasteiger partial charge < -0.3 is 10.3 Å². The van der Waals surface area contributed by atoms with Gasteiger partial charge in [-0.25, -0.2) is 4.98 Å². The van der Waals surface area contributed by atoms with Crippen molar-refractivity contribution in [3.8, 4) is 0 Å². The first-order valence-corrected chi connectivity index (χ1v) is 14.0. The Kier molecular flexibility index (Phi) is 7.70. The fourth-order valence-corrected chi connectivity index (χ4v) is 4.92. The molecule has 2 heterocycles. The van der Waals surface area contributed by atoms with Crippen LogP contribution in [-0.4, -0.2) is 51.7 Å². The molecule has 3 aromatic carbocycles. The number of fused-ring (bicyclic) bond motifs is 1. The second-order valence-corrected chi connectivity index (χ2v) is 11.0. The van der Waals surface area contributed by atoms with E-state index >= 15 is 0 Å². The molecule has 5 rings (SSSR count). The summed E-state index contributed by atoms with van der Waals surface area (Å²) in [7, 11) is -4.85. The molecule has 42 heavy (non-hydrogen) atoms. The summed E-state index contributed by atoms with van der Waals surface area (Å²) in [5.41, 5.74) is 0.905. The van der Waals surface area contributed by atoms with E-state index in [2.05, 4.69) is 30.5 Å². The maximum absolute atomic E-state index is 13.1. The molecule has 0 saturated carbocycles. The molecular weight excluding hydrogens is 611 g/mol. The van der Waals surface area contributed by atoms with Crippen molar-refractivity contribution < 1.29 is 22.6 Å². The summed E-state index contributed by atoms with van der Waals surface area (Å²) in [6.07, 6.45) is 0. The number of benzene rings is 3. The highest BCUT2D eigenvalue weighted by molar-refractivity contribution is 7.86. The summed E-state index contributed by atoms with van der Waals surface area (Å²) in [5, 5.41) is 33.9. The Labute approximate surface area is 247 Å². The van der Waals surface area contributed by atoms with Gasteiger partial charge in [-0.2, -0.15) is 28.8 Å². The summed E-state index contributed by atoms with van der Waals surface area (Å²) in [5.74, 6) is -1.63. The summed E-state index contributed by atoms with van der Waals surface area (Å²) in [6, 6.07) is 10.6. The summed E-state index contributed by atoms with van der Waals surface area (Å²) >= 11 is 11.9. The molecule has 2 amide bonds. The van der Waals surface area contributed by atoms with E-state index in [4.69, 9.17) is 23.2 Å². The largest absolute Gasteiger partial charge is 0.751 e. The Morgan fingerprint density at radius 1 is 1.07 bits per heavy atom. The first-order valence-electron chi connectivity index (χ1n) is 11.8. The maximum atomic E-state index is 13.1. The number of carbonyl (C=O) groups excluding carboxylic acids is 2. The smallest absolute Gasteiger partial charge is 0.296 e. The van der Waals surface area contributed by atoms with E-state index in [1.54, 1.807) is 25.1 Å². The van der Waals surface area contributed by atoms with Gasteiger partial charge in [-0.15, -0.1) is 10.2 Å². The van der Waals surface area contributed by atoms with Crippen LogP contribution >= 0.6 is 23.2 Å². The first kappa shape index (κ1) is 29.1. The van der Waals surface area contributed by atoms with Crippen LogP contribution in [0, 0.1) is 12.1 Å². The van der Waals surface area contributed by atoms with Crippen molar-refractivity contribution >= 4 is 78.9 Å². The van der Waals surface area contributed by atoms with Gasteiger partial charge in [-0.05, 0) is 79.5 Å². The second kappa shape index (κ2) is 11.1. The van der Waals surface area contributed by atoms with E-state index in [9.17, 15) is 27.8 Å². The van der Waals surface area contributed by atoms with Crippen LogP contribution in [0.2, 0.25) is 10.3 Å². The number of nitrogens with zero attached hydrogens (tertiary/aromatic N) is 8. The number of hydrogen-bond acceptors (Lipinski definition) is 11. The number of aromatic nitrogens is 3. The van der Waals surface area contributed by atoms with Crippen LogP contribution in [0.25, 0.3) is 11.0 Å². The molecule has 1 N–H and O–H groups in total. The predicted molar refractivity (Wildman–Crippen MR) is 154 cm³/mol. The van der Waals surface area contributed by atoms with Crippen molar-refractivity contribution in [1.29, 1.82) is 0 Å². The summed E-state index contributed by atoms with van der Waals surface area (Å²) < 4.78 is 33.8. The van der Waals surface area contributed by atoms with Crippen LogP contribution in [0.4, 0.5) is 17.1 Å². The highest BCUT2D eigenvalue weighted by atomic mass is 35.5. The van der Waals surface area contributed by atoms with Gasteiger partial charge in [0.25, 0.3) is 16.0 Å². The fraction of sp³-hybridized carbons (Fsp3) is 0.120. The zero-order valence-electron chi connectivity index (χ0n) is 21.5. The van der Waals surface area contributed by atoms with Crippen molar-refractivity contribution in [2.75, 3.05) is 10.1 Å². The van der Waals surface area contributed by atoms with Crippen LogP contribution in [0.1, 0.15) is 22.8 Å². The minimum Gasteiger partial charge on any atom is -0.751 e. The lowest BCUT2D eigenvalue weighted by Gasteiger charge is -2.28. The third kappa shape index (κ3) is 5.55. The van der Waals surface area contributed by atoms with Gasteiger partial charge >= 0.3 is 0 Å². The average molecular weight is 628 g/mol. The lowest BCUT2D eigenvalue weighted by Crippen LogP contribution is -2.30. The molecule has 0 radical (unpaired) electrons. The molecule has 1 atom stereocenters. The Hall–Kier alpha value is -4.41. The lowest BCUT2D eigenvalue weighted by molar-refractivity contribution is -0.117. The molecule has 4 aromatic rings. The van der Waals surface area contributed by atoms with Gasteiger partial charge in [-0.3, -0.25) is 14.1 Å². The molecule has 214 valence electrons. The maximum Gasteiger partial charge on any atom is 0.296 e. The zero-order valence-corrected chi connectivity index (χ0v) is 23.8. The normalized spacial score (nSPS) is 15.5. The fourth-order valence-electron chi connectivity index (χ4n) is 4.02. The number of azo groups is 1. The van der Waals surface area contributed by atoms with E-state index < -0.39 is 38.6 Å². The third-order valence-corrected chi connectivity index (χ3v) is 7.63. The number of amides is 2. The summed E-state index contributed by atoms with van der Waals surface area (Å²) in [6.45, 7) is 3.24. The Morgan fingerprint density at radius 2 is 1.83 bits per heavy atom. The Morgan fingerprint density at radius 3 is 2.57 bits per heavy atom. The van der Waals surface area contributed by atoms with Gasteiger partial charge in [0, 0.05) is 16.3 Å². The molecular formula is C25H17Cl2N8O6S-. The van der Waals surface area contributed by atoms with Gasteiger partial charge in [0.1, 0.15) is 16.1 Å². The molecule has 0 spiro atoms.